The summed E-state index contributed by atoms with van der Waals surface area (Å²) < 4.78 is 0. The van der Waals surface area contributed by atoms with Gasteiger partial charge in [0.2, 0.25) is 5.91 Å². The van der Waals surface area contributed by atoms with Crippen LogP contribution in [0.3, 0.4) is 0 Å². The molecule has 22 heavy (non-hydrogen) atoms. The first-order chi connectivity index (χ1) is 9.65. The minimum absolute atomic E-state index is 0. The van der Waals surface area contributed by atoms with E-state index in [-0.39, 0.29) is 30.9 Å². The summed E-state index contributed by atoms with van der Waals surface area (Å²) in [6.45, 7) is 1.87. The van der Waals surface area contributed by atoms with E-state index in [0.717, 1.165) is 31.8 Å². The van der Waals surface area contributed by atoms with Crippen LogP contribution in [0.4, 0.5) is 0 Å². The van der Waals surface area contributed by atoms with E-state index in [4.69, 9.17) is 0 Å². The number of carbonyl (C=O) groups excluding carboxylic acids is 1. The van der Waals surface area contributed by atoms with Crippen LogP contribution in [-0.2, 0) is 4.79 Å². The van der Waals surface area contributed by atoms with Crippen molar-refractivity contribution in [1.82, 2.24) is 15.1 Å². The maximum atomic E-state index is 12.8. The van der Waals surface area contributed by atoms with E-state index in [2.05, 4.69) is 29.2 Å². The zero-order valence-corrected chi connectivity index (χ0v) is 15.4. The number of carbonyl (C=O) groups is 1. The first-order valence-corrected chi connectivity index (χ1v) is 8.36. The molecule has 4 unspecified atom stereocenters. The van der Waals surface area contributed by atoms with E-state index in [9.17, 15) is 4.79 Å². The lowest BCUT2D eigenvalue weighted by Crippen LogP contribution is -2.52. The van der Waals surface area contributed by atoms with Gasteiger partial charge in [0.15, 0.2) is 0 Å². The molecule has 2 saturated heterocycles. The molecule has 2 heterocycles. The maximum Gasteiger partial charge on any atom is 0.239 e. The smallest absolute Gasteiger partial charge is 0.239 e. The predicted octanol–water partition coefficient (Wildman–Crippen LogP) is 2.30. The van der Waals surface area contributed by atoms with Crippen LogP contribution in [-0.4, -0.2) is 61.0 Å². The highest BCUT2D eigenvalue weighted by molar-refractivity contribution is 5.85. The number of nitrogens with zero attached hydrogens (tertiary/aromatic N) is 2. The molecule has 1 amide bonds. The van der Waals surface area contributed by atoms with Crippen LogP contribution in [0.2, 0.25) is 0 Å². The summed E-state index contributed by atoms with van der Waals surface area (Å²) in [7, 11) is 4.25. The number of nitrogens with one attached hydrogen (secondary N) is 1. The van der Waals surface area contributed by atoms with Crippen molar-refractivity contribution in [3.05, 3.63) is 0 Å². The lowest BCUT2D eigenvalue weighted by Gasteiger charge is -2.37. The van der Waals surface area contributed by atoms with Gasteiger partial charge in [-0.3, -0.25) is 4.79 Å². The largest absolute Gasteiger partial charge is 0.340 e. The van der Waals surface area contributed by atoms with Crippen molar-refractivity contribution in [1.29, 1.82) is 0 Å². The van der Waals surface area contributed by atoms with E-state index in [1.807, 2.05) is 0 Å². The maximum absolute atomic E-state index is 12.8. The number of hydrogen-bond acceptors (Lipinski definition) is 3. The fourth-order valence-corrected chi connectivity index (χ4v) is 4.31. The van der Waals surface area contributed by atoms with Crippen LogP contribution in [0.1, 0.15) is 44.9 Å². The van der Waals surface area contributed by atoms with E-state index >= 15 is 0 Å². The molecule has 0 bridgehead atoms. The van der Waals surface area contributed by atoms with Gasteiger partial charge in [0, 0.05) is 25.2 Å². The van der Waals surface area contributed by atoms with Gasteiger partial charge in [0.05, 0.1) is 6.04 Å². The molecule has 6 heteroatoms. The Hall–Kier alpha value is -0.0300. The zero-order chi connectivity index (χ0) is 14.1. The lowest BCUT2D eigenvalue weighted by molar-refractivity contribution is -0.135. The summed E-state index contributed by atoms with van der Waals surface area (Å²) in [6, 6.07) is 1.26. The van der Waals surface area contributed by atoms with Crippen LogP contribution < -0.4 is 5.32 Å². The normalized spacial score (nSPS) is 34.6. The Morgan fingerprint density at radius 3 is 2.50 bits per heavy atom. The monoisotopic (exact) mass is 351 g/mol. The summed E-state index contributed by atoms with van der Waals surface area (Å²) in [4.78, 5) is 17.1. The standard InChI is InChI=1S/C16H29N3O.2ClH/c1-18(2)13-7-5-9-19(11-13)16(20)15-10-12-6-3-4-8-14(12)17-15;;/h12-15,17H,3-11H2,1-2H3;2*1H. The van der Waals surface area contributed by atoms with Crippen molar-refractivity contribution in [2.45, 2.75) is 63.1 Å². The van der Waals surface area contributed by atoms with Crippen LogP contribution in [0.5, 0.6) is 0 Å². The molecule has 1 saturated carbocycles. The van der Waals surface area contributed by atoms with E-state index in [1.165, 1.54) is 32.1 Å². The quantitative estimate of drug-likeness (QED) is 0.828. The first kappa shape index (κ1) is 20.0. The number of piperidine rings is 1. The molecule has 0 aromatic carbocycles. The van der Waals surface area contributed by atoms with Crippen molar-refractivity contribution < 1.29 is 4.79 Å². The zero-order valence-electron chi connectivity index (χ0n) is 13.8. The van der Waals surface area contributed by atoms with Gasteiger partial charge in [-0.25, -0.2) is 0 Å². The Bertz CT molecular complexity index is 349. The minimum atomic E-state index is 0. The van der Waals surface area contributed by atoms with Crippen molar-refractivity contribution in [2.75, 3.05) is 27.2 Å². The summed E-state index contributed by atoms with van der Waals surface area (Å²) in [5, 5.41) is 3.63. The average Bonchev–Trinajstić information content (AvgIpc) is 2.90. The number of likely N-dealkylation sites (tertiary alicyclic amines) is 1. The average molecular weight is 352 g/mol. The van der Waals surface area contributed by atoms with Gasteiger partial charge in [-0.05, 0) is 52.1 Å². The van der Waals surface area contributed by atoms with Crippen LogP contribution in [0.15, 0.2) is 0 Å². The summed E-state index contributed by atoms with van der Waals surface area (Å²) in [6.07, 6.45) is 8.73. The summed E-state index contributed by atoms with van der Waals surface area (Å²) >= 11 is 0. The minimum Gasteiger partial charge on any atom is -0.340 e. The highest BCUT2D eigenvalue weighted by Crippen LogP contribution is 2.34. The van der Waals surface area contributed by atoms with Gasteiger partial charge in [-0.1, -0.05) is 12.8 Å². The van der Waals surface area contributed by atoms with Crippen molar-refractivity contribution in [3.63, 3.8) is 0 Å². The third kappa shape index (κ3) is 4.28. The third-order valence-corrected chi connectivity index (χ3v) is 5.60. The van der Waals surface area contributed by atoms with Gasteiger partial charge in [0.25, 0.3) is 0 Å². The molecule has 1 N–H and O–H groups in total. The molecule has 4 nitrogen and oxygen atoms in total. The number of likely N-dealkylation sites (N-methyl/N-ethyl adjacent to an activating group) is 1. The first-order valence-electron chi connectivity index (χ1n) is 8.36. The highest BCUT2D eigenvalue weighted by Gasteiger charge is 2.40. The molecule has 2 aliphatic heterocycles. The molecule has 3 rings (SSSR count). The Kier molecular flexibility index (Phi) is 7.93. The molecule has 0 aromatic rings. The van der Waals surface area contributed by atoms with Gasteiger partial charge >= 0.3 is 0 Å². The number of rotatable bonds is 2. The Balaban J connectivity index is 0.00000121. The lowest BCUT2D eigenvalue weighted by atomic mass is 9.85. The van der Waals surface area contributed by atoms with Crippen LogP contribution >= 0.6 is 24.8 Å². The molecule has 3 fully saturated rings. The van der Waals surface area contributed by atoms with Crippen molar-refractivity contribution >= 4 is 30.7 Å². The summed E-state index contributed by atoms with van der Waals surface area (Å²) in [5.41, 5.74) is 0. The second-order valence-corrected chi connectivity index (χ2v) is 7.15. The van der Waals surface area contributed by atoms with Crippen molar-refractivity contribution in [2.24, 2.45) is 5.92 Å². The number of halogens is 2. The van der Waals surface area contributed by atoms with Gasteiger partial charge in [0.1, 0.15) is 0 Å². The van der Waals surface area contributed by atoms with E-state index < -0.39 is 0 Å². The topological polar surface area (TPSA) is 35.6 Å². The van der Waals surface area contributed by atoms with E-state index in [1.54, 1.807) is 0 Å². The Morgan fingerprint density at radius 1 is 1.09 bits per heavy atom. The Morgan fingerprint density at radius 2 is 1.82 bits per heavy atom. The molecular weight excluding hydrogens is 321 g/mol. The van der Waals surface area contributed by atoms with Crippen LogP contribution in [0, 0.1) is 5.92 Å². The second kappa shape index (κ2) is 8.72. The van der Waals surface area contributed by atoms with Crippen LogP contribution in [0.25, 0.3) is 0 Å². The summed E-state index contributed by atoms with van der Waals surface area (Å²) in [5.74, 6) is 1.12. The number of fused-ring (bicyclic) bond motifs is 1. The highest BCUT2D eigenvalue weighted by atomic mass is 35.5. The van der Waals surface area contributed by atoms with Gasteiger partial charge in [-0.15, -0.1) is 24.8 Å². The molecule has 0 radical (unpaired) electrons. The second-order valence-electron chi connectivity index (χ2n) is 7.15. The third-order valence-electron chi connectivity index (χ3n) is 5.60. The van der Waals surface area contributed by atoms with Crippen molar-refractivity contribution in [3.8, 4) is 0 Å². The van der Waals surface area contributed by atoms with Gasteiger partial charge < -0.3 is 15.1 Å². The van der Waals surface area contributed by atoms with E-state index in [0.29, 0.717) is 18.0 Å². The molecule has 3 aliphatic rings. The number of hydrogen-bond donors (Lipinski definition) is 1. The Labute approximate surface area is 147 Å². The fourth-order valence-electron chi connectivity index (χ4n) is 4.31. The SMILES string of the molecule is CN(C)C1CCCN(C(=O)C2CC3CCCCC3N2)C1.Cl.Cl. The molecular formula is C16H31Cl2N3O. The molecule has 130 valence electrons. The predicted molar refractivity (Wildman–Crippen MR) is 95.1 cm³/mol. The molecule has 1 aliphatic carbocycles. The molecule has 0 spiro atoms. The molecule has 4 atom stereocenters. The van der Waals surface area contributed by atoms with Gasteiger partial charge in [-0.2, -0.15) is 0 Å². The molecule has 0 aromatic heterocycles. The number of amides is 1. The fraction of sp³-hybridized carbons (Fsp3) is 0.938.